The molecule has 1 aliphatic rings. The molecule has 2 atom stereocenters. The zero-order valence-corrected chi connectivity index (χ0v) is 12.7. The third kappa shape index (κ3) is 5.62. The summed E-state index contributed by atoms with van der Waals surface area (Å²) >= 11 is 2.17. The van der Waals surface area contributed by atoms with E-state index in [0.29, 0.717) is 6.04 Å². The highest BCUT2D eigenvalue weighted by atomic mass is 32.2. The molecule has 1 fully saturated rings. The van der Waals surface area contributed by atoms with Gasteiger partial charge >= 0.3 is 0 Å². The first-order valence-electron chi connectivity index (χ1n) is 6.99. The van der Waals surface area contributed by atoms with Gasteiger partial charge in [-0.3, -0.25) is 0 Å². The molecule has 1 saturated heterocycles. The average Bonchev–Trinajstić information content (AvgIpc) is 2.35. The van der Waals surface area contributed by atoms with Gasteiger partial charge in [0.2, 0.25) is 0 Å². The lowest BCUT2D eigenvalue weighted by atomic mass is 9.95. The van der Waals surface area contributed by atoms with E-state index in [1.54, 1.807) is 0 Å². The second-order valence-electron chi connectivity index (χ2n) is 5.57. The fourth-order valence-electron chi connectivity index (χ4n) is 2.37. The summed E-state index contributed by atoms with van der Waals surface area (Å²) in [6.45, 7) is 7.66. The summed E-state index contributed by atoms with van der Waals surface area (Å²) in [6, 6.07) is 0.666. The fraction of sp³-hybridized carbons (Fsp3) is 1.00. The van der Waals surface area contributed by atoms with Crippen LogP contribution in [0.1, 0.15) is 52.9 Å². The van der Waals surface area contributed by atoms with Crippen LogP contribution in [0.15, 0.2) is 0 Å². The third-order valence-corrected chi connectivity index (χ3v) is 5.26. The summed E-state index contributed by atoms with van der Waals surface area (Å²) in [4.78, 5) is 0. The lowest BCUT2D eigenvalue weighted by molar-refractivity contribution is 0.0116. The molecule has 0 aromatic carbocycles. The summed E-state index contributed by atoms with van der Waals surface area (Å²) in [5, 5.41) is 4.49. The summed E-state index contributed by atoms with van der Waals surface area (Å²) in [7, 11) is 1.82. The molecule has 1 N–H and O–H groups in total. The predicted molar refractivity (Wildman–Crippen MR) is 77.9 cm³/mol. The number of methoxy groups -OCH3 is 1. The van der Waals surface area contributed by atoms with Crippen LogP contribution in [0.3, 0.4) is 0 Å². The van der Waals surface area contributed by atoms with Crippen molar-refractivity contribution in [3.63, 3.8) is 0 Å². The Morgan fingerprint density at radius 1 is 1.41 bits per heavy atom. The number of hydrogen-bond donors (Lipinski definition) is 1. The van der Waals surface area contributed by atoms with Crippen molar-refractivity contribution in [2.45, 2.75) is 69.8 Å². The van der Waals surface area contributed by atoms with Crippen LogP contribution >= 0.6 is 11.8 Å². The summed E-state index contributed by atoms with van der Waals surface area (Å²) in [6.07, 6.45) is 6.57. The maximum absolute atomic E-state index is 5.52. The van der Waals surface area contributed by atoms with Crippen LogP contribution in [0.5, 0.6) is 0 Å². The molecule has 102 valence electrons. The van der Waals surface area contributed by atoms with Crippen LogP contribution in [-0.2, 0) is 4.74 Å². The van der Waals surface area contributed by atoms with Gasteiger partial charge in [-0.15, -0.1) is 0 Å². The Kier molecular flexibility index (Phi) is 6.90. The first kappa shape index (κ1) is 15.3. The predicted octanol–water partition coefficient (Wildman–Crippen LogP) is 3.46. The van der Waals surface area contributed by atoms with E-state index in [2.05, 4.69) is 37.8 Å². The molecule has 0 amide bonds. The number of rotatable bonds is 7. The van der Waals surface area contributed by atoms with Gasteiger partial charge in [-0.2, -0.15) is 11.8 Å². The standard InChI is InChI=1S/C14H29NOS/c1-5-15-12(9-10-14(2,3)16-4)13-8-6-7-11-17-13/h12-13,15H,5-11H2,1-4H3. The zero-order valence-electron chi connectivity index (χ0n) is 11.9. The van der Waals surface area contributed by atoms with E-state index in [1.165, 1.54) is 31.4 Å². The average molecular weight is 259 g/mol. The molecule has 1 heterocycles. The van der Waals surface area contributed by atoms with Gasteiger partial charge in [-0.05, 0) is 51.8 Å². The minimum atomic E-state index is 0.0208. The summed E-state index contributed by atoms with van der Waals surface area (Å²) in [5.41, 5.74) is 0.0208. The molecule has 1 aliphatic heterocycles. The lowest BCUT2D eigenvalue weighted by Gasteiger charge is -2.33. The van der Waals surface area contributed by atoms with Crippen LogP contribution in [-0.4, -0.2) is 36.3 Å². The van der Waals surface area contributed by atoms with Gasteiger partial charge in [0.05, 0.1) is 5.60 Å². The topological polar surface area (TPSA) is 21.3 Å². The van der Waals surface area contributed by atoms with E-state index in [9.17, 15) is 0 Å². The van der Waals surface area contributed by atoms with Crippen LogP contribution < -0.4 is 5.32 Å². The van der Waals surface area contributed by atoms with Crippen molar-refractivity contribution in [2.24, 2.45) is 0 Å². The second kappa shape index (κ2) is 7.65. The normalized spacial score (nSPS) is 23.6. The van der Waals surface area contributed by atoms with Gasteiger partial charge in [-0.25, -0.2) is 0 Å². The molecule has 0 aromatic heterocycles. The molecule has 2 unspecified atom stereocenters. The van der Waals surface area contributed by atoms with Gasteiger partial charge in [-0.1, -0.05) is 13.3 Å². The van der Waals surface area contributed by atoms with Crippen LogP contribution in [0.4, 0.5) is 0 Å². The highest BCUT2D eigenvalue weighted by molar-refractivity contribution is 8.00. The first-order valence-corrected chi connectivity index (χ1v) is 8.04. The maximum Gasteiger partial charge on any atom is 0.0623 e. The molecule has 0 aliphatic carbocycles. The molecule has 0 bridgehead atoms. The molecular weight excluding hydrogens is 230 g/mol. The van der Waals surface area contributed by atoms with Crippen molar-refractivity contribution >= 4 is 11.8 Å². The Balaban J connectivity index is 2.41. The number of hydrogen-bond acceptors (Lipinski definition) is 3. The van der Waals surface area contributed by atoms with Gasteiger partial charge in [0.1, 0.15) is 0 Å². The smallest absolute Gasteiger partial charge is 0.0623 e. The largest absolute Gasteiger partial charge is 0.379 e. The van der Waals surface area contributed by atoms with Crippen molar-refractivity contribution < 1.29 is 4.74 Å². The van der Waals surface area contributed by atoms with E-state index in [-0.39, 0.29) is 5.60 Å². The SMILES string of the molecule is CCNC(CCC(C)(C)OC)C1CCCCS1. The zero-order chi connectivity index (χ0) is 12.7. The first-order chi connectivity index (χ1) is 8.09. The molecule has 17 heavy (non-hydrogen) atoms. The van der Waals surface area contributed by atoms with E-state index in [0.717, 1.165) is 18.2 Å². The van der Waals surface area contributed by atoms with Gasteiger partial charge in [0, 0.05) is 18.4 Å². The quantitative estimate of drug-likeness (QED) is 0.756. The number of ether oxygens (including phenoxy) is 1. The van der Waals surface area contributed by atoms with Gasteiger partial charge in [0.25, 0.3) is 0 Å². The highest BCUT2D eigenvalue weighted by Gasteiger charge is 2.26. The fourth-order valence-corrected chi connectivity index (χ4v) is 3.84. The molecule has 0 aromatic rings. The lowest BCUT2D eigenvalue weighted by Crippen LogP contribution is -2.41. The Morgan fingerprint density at radius 3 is 2.71 bits per heavy atom. The summed E-state index contributed by atoms with van der Waals surface area (Å²) in [5.74, 6) is 1.35. The molecule has 0 radical (unpaired) electrons. The molecule has 2 nitrogen and oxygen atoms in total. The number of thioether (sulfide) groups is 1. The monoisotopic (exact) mass is 259 g/mol. The Hall–Kier alpha value is 0.270. The van der Waals surface area contributed by atoms with Crippen molar-refractivity contribution in [1.29, 1.82) is 0 Å². The van der Waals surface area contributed by atoms with Crippen molar-refractivity contribution in [2.75, 3.05) is 19.4 Å². The van der Waals surface area contributed by atoms with Crippen molar-refractivity contribution in [3.8, 4) is 0 Å². The maximum atomic E-state index is 5.52. The Morgan fingerprint density at radius 2 is 2.18 bits per heavy atom. The number of nitrogens with one attached hydrogen (secondary N) is 1. The molecule has 1 rings (SSSR count). The molecule has 3 heteroatoms. The molecular formula is C14H29NOS. The minimum absolute atomic E-state index is 0.0208. The second-order valence-corrected chi connectivity index (χ2v) is 6.92. The van der Waals surface area contributed by atoms with Crippen molar-refractivity contribution in [3.05, 3.63) is 0 Å². The van der Waals surface area contributed by atoms with E-state index in [4.69, 9.17) is 4.74 Å². The van der Waals surface area contributed by atoms with Crippen LogP contribution in [0.25, 0.3) is 0 Å². The minimum Gasteiger partial charge on any atom is -0.379 e. The van der Waals surface area contributed by atoms with E-state index in [1.807, 2.05) is 7.11 Å². The summed E-state index contributed by atoms with van der Waals surface area (Å²) < 4.78 is 5.52. The molecule has 0 spiro atoms. The van der Waals surface area contributed by atoms with Crippen molar-refractivity contribution in [1.82, 2.24) is 5.32 Å². The highest BCUT2D eigenvalue weighted by Crippen LogP contribution is 2.30. The van der Waals surface area contributed by atoms with E-state index < -0.39 is 0 Å². The van der Waals surface area contributed by atoms with Gasteiger partial charge in [0.15, 0.2) is 0 Å². The molecule has 0 saturated carbocycles. The van der Waals surface area contributed by atoms with Crippen LogP contribution in [0, 0.1) is 0 Å². The van der Waals surface area contributed by atoms with Gasteiger partial charge < -0.3 is 10.1 Å². The van der Waals surface area contributed by atoms with Crippen LogP contribution in [0.2, 0.25) is 0 Å². The van der Waals surface area contributed by atoms with E-state index >= 15 is 0 Å². The third-order valence-electron chi connectivity index (χ3n) is 3.74. The Labute approximate surface area is 111 Å². The Bertz CT molecular complexity index is 202.